The minimum absolute atomic E-state index is 0.0470. The fourth-order valence-corrected chi connectivity index (χ4v) is 2.67. The quantitative estimate of drug-likeness (QED) is 0.663. The Morgan fingerprint density at radius 1 is 1.24 bits per heavy atom. The first kappa shape index (κ1) is 14.4. The molecule has 1 aromatic rings. The molecule has 1 atom stereocenters. The van der Waals surface area contributed by atoms with Gasteiger partial charge in [-0.15, -0.1) is 0 Å². The molecule has 116 valence electrons. The van der Waals surface area contributed by atoms with Crippen LogP contribution in [0.2, 0.25) is 0 Å². The van der Waals surface area contributed by atoms with Gasteiger partial charge in [0.15, 0.2) is 0 Å². The van der Waals surface area contributed by atoms with E-state index in [4.69, 9.17) is 5.84 Å². The van der Waals surface area contributed by atoms with Crippen LogP contribution in [0.25, 0.3) is 0 Å². The van der Waals surface area contributed by atoms with Gasteiger partial charge < -0.3 is 10.3 Å². The number of hydrogen-bond donors (Lipinski definition) is 2. The van der Waals surface area contributed by atoms with Crippen LogP contribution in [-0.2, 0) is 0 Å². The minimum Gasteiger partial charge on any atom is -0.356 e. The van der Waals surface area contributed by atoms with E-state index in [1.165, 1.54) is 0 Å². The highest BCUT2D eigenvalue weighted by atomic mass is 19.4. The summed E-state index contributed by atoms with van der Waals surface area (Å²) in [5.41, 5.74) is 2.47. The molecule has 1 aromatic heterocycles. The van der Waals surface area contributed by atoms with Crippen LogP contribution in [0.15, 0.2) is 6.07 Å². The number of halogens is 3. The summed E-state index contributed by atoms with van der Waals surface area (Å²) in [5.74, 6) is 6.09. The normalized spacial score (nSPS) is 23.2. The largest absolute Gasteiger partial charge is 0.393 e. The van der Waals surface area contributed by atoms with Gasteiger partial charge in [-0.1, -0.05) is 0 Å². The molecule has 2 heterocycles. The molecule has 5 nitrogen and oxygen atoms in total. The Hall–Kier alpha value is -1.57. The van der Waals surface area contributed by atoms with E-state index in [0.717, 1.165) is 12.8 Å². The number of nitrogens with two attached hydrogens (primary N) is 1. The van der Waals surface area contributed by atoms with Crippen molar-refractivity contribution in [3.63, 3.8) is 0 Å². The fraction of sp³-hybridized carbons (Fsp3) is 0.692. The lowest BCUT2D eigenvalue weighted by Crippen LogP contribution is -2.42. The van der Waals surface area contributed by atoms with Gasteiger partial charge in [0.05, 0.1) is 5.92 Å². The van der Waals surface area contributed by atoms with Gasteiger partial charge in [-0.2, -0.15) is 13.2 Å². The third kappa shape index (κ3) is 3.20. The van der Waals surface area contributed by atoms with Crippen molar-refractivity contribution in [1.82, 2.24) is 9.97 Å². The molecule has 1 aliphatic heterocycles. The van der Waals surface area contributed by atoms with Gasteiger partial charge in [0.1, 0.15) is 17.5 Å². The van der Waals surface area contributed by atoms with Gasteiger partial charge in [0.25, 0.3) is 0 Å². The van der Waals surface area contributed by atoms with E-state index in [1.54, 1.807) is 11.0 Å². The van der Waals surface area contributed by atoms with Crippen LogP contribution in [0, 0.1) is 5.92 Å². The van der Waals surface area contributed by atoms with Crippen molar-refractivity contribution < 1.29 is 13.2 Å². The molecule has 2 aliphatic rings. The number of aromatic nitrogens is 2. The van der Waals surface area contributed by atoms with Crippen LogP contribution in [0.1, 0.15) is 37.4 Å². The lowest BCUT2D eigenvalue weighted by molar-refractivity contribution is -0.176. The number of alkyl halides is 3. The highest BCUT2D eigenvalue weighted by Crippen LogP contribution is 2.40. The highest BCUT2D eigenvalue weighted by Gasteiger charge is 2.42. The average molecular weight is 301 g/mol. The van der Waals surface area contributed by atoms with Crippen molar-refractivity contribution in [2.75, 3.05) is 23.4 Å². The van der Waals surface area contributed by atoms with E-state index in [-0.39, 0.29) is 13.0 Å². The molecule has 3 rings (SSSR count). The van der Waals surface area contributed by atoms with Crippen LogP contribution in [-0.4, -0.2) is 29.2 Å². The second-order valence-electron chi connectivity index (χ2n) is 5.71. The van der Waals surface area contributed by atoms with E-state index in [1.807, 2.05) is 0 Å². The Morgan fingerprint density at radius 2 is 2.00 bits per heavy atom. The summed E-state index contributed by atoms with van der Waals surface area (Å²) in [5, 5.41) is 0. The molecule has 0 bridgehead atoms. The molecule has 8 heteroatoms. The smallest absolute Gasteiger partial charge is 0.356 e. The van der Waals surface area contributed by atoms with Crippen LogP contribution in [0.3, 0.4) is 0 Å². The van der Waals surface area contributed by atoms with Crippen molar-refractivity contribution in [2.45, 2.75) is 37.8 Å². The maximum Gasteiger partial charge on any atom is 0.393 e. The maximum atomic E-state index is 12.9. The molecule has 0 amide bonds. The topological polar surface area (TPSA) is 67.1 Å². The molecule has 1 unspecified atom stereocenters. The maximum absolute atomic E-state index is 12.9. The molecular formula is C13H18F3N5. The predicted octanol–water partition coefficient (Wildman–Crippen LogP) is 2.42. The van der Waals surface area contributed by atoms with E-state index < -0.39 is 12.1 Å². The standard InChI is InChI=1S/C13H18F3N5/c14-13(15,16)9-2-1-5-21(7-9)11-6-10(20-17)18-12(19-11)8-3-4-8/h6,8-9H,1-5,7,17H2,(H,18,19,20). The number of anilines is 2. The Kier molecular flexibility index (Phi) is 3.64. The van der Waals surface area contributed by atoms with Gasteiger partial charge in [0.2, 0.25) is 0 Å². The molecule has 3 N–H and O–H groups in total. The number of hydrogen-bond acceptors (Lipinski definition) is 5. The minimum atomic E-state index is -4.15. The predicted molar refractivity (Wildman–Crippen MR) is 72.8 cm³/mol. The highest BCUT2D eigenvalue weighted by molar-refractivity contribution is 5.49. The summed E-state index contributed by atoms with van der Waals surface area (Å²) >= 11 is 0. The van der Waals surface area contributed by atoms with Crippen LogP contribution < -0.4 is 16.2 Å². The van der Waals surface area contributed by atoms with E-state index in [9.17, 15) is 13.2 Å². The average Bonchev–Trinajstić information content (AvgIpc) is 3.30. The zero-order valence-corrected chi connectivity index (χ0v) is 11.5. The summed E-state index contributed by atoms with van der Waals surface area (Å²) in [6.45, 7) is 0.534. The van der Waals surface area contributed by atoms with E-state index in [0.29, 0.717) is 36.3 Å². The molecule has 0 aromatic carbocycles. The van der Waals surface area contributed by atoms with Gasteiger partial charge in [0, 0.05) is 25.1 Å². The molecule has 2 fully saturated rings. The first-order valence-electron chi connectivity index (χ1n) is 7.14. The summed E-state index contributed by atoms with van der Waals surface area (Å²) in [6.07, 6.45) is -1.40. The van der Waals surface area contributed by atoms with Crippen molar-refractivity contribution in [3.8, 4) is 0 Å². The Balaban J connectivity index is 1.83. The molecule has 0 radical (unpaired) electrons. The summed E-state index contributed by atoms with van der Waals surface area (Å²) in [4.78, 5) is 10.4. The van der Waals surface area contributed by atoms with Crippen molar-refractivity contribution in [2.24, 2.45) is 11.8 Å². The Morgan fingerprint density at radius 3 is 2.62 bits per heavy atom. The fourth-order valence-electron chi connectivity index (χ4n) is 2.67. The second kappa shape index (κ2) is 5.32. The number of hydrazine groups is 1. The Labute approximate surface area is 120 Å². The second-order valence-corrected chi connectivity index (χ2v) is 5.71. The van der Waals surface area contributed by atoms with Crippen LogP contribution in [0.4, 0.5) is 24.8 Å². The van der Waals surface area contributed by atoms with Gasteiger partial charge >= 0.3 is 6.18 Å². The third-order valence-corrected chi connectivity index (χ3v) is 4.03. The summed E-state index contributed by atoms with van der Waals surface area (Å²) < 4.78 is 38.7. The van der Waals surface area contributed by atoms with Crippen molar-refractivity contribution in [1.29, 1.82) is 0 Å². The SMILES string of the molecule is NNc1cc(N2CCCC(C(F)(F)F)C2)nc(C2CC2)n1. The van der Waals surface area contributed by atoms with E-state index in [2.05, 4.69) is 15.4 Å². The zero-order chi connectivity index (χ0) is 15.0. The summed E-state index contributed by atoms with van der Waals surface area (Å²) in [7, 11) is 0. The van der Waals surface area contributed by atoms with Crippen molar-refractivity contribution >= 4 is 11.6 Å². The molecular weight excluding hydrogens is 283 g/mol. The van der Waals surface area contributed by atoms with Gasteiger partial charge in [-0.05, 0) is 25.7 Å². The number of rotatable bonds is 3. The summed E-state index contributed by atoms with van der Waals surface area (Å²) in [6, 6.07) is 1.62. The van der Waals surface area contributed by atoms with Gasteiger partial charge in [-0.3, -0.25) is 0 Å². The van der Waals surface area contributed by atoms with Crippen molar-refractivity contribution in [3.05, 3.63) is 11.9 Å². The lowest BCUT2D eigenvalue weighted by atomic mass is 9.97. The first-order valence-corrected chi connectivity index (χ1v) is 7.14. The molecule has 0 spiro atoms. The molecule has 1 aliphatic carbocycles. The third-order valence-electron chi connectivity index (χ3n) is 4.03. The zero-order valence-electron chi connectivity index (χ0n) is 11.5. The van der Waals surface area contributed by atoms with Crippen LogP contribution >= 0.6 is 0 Å². The first-order chi connectivity index (χ1) is 9.97. The van der Waals surface area contributed by atoms with Gasteiger partial charge in [-0.25, -0.2) is 15.8 Å². The Bertz CT molecular complexity index is 515. The molecule has 21 heavy (non-hydrogen) atoms. The molecule has 1 saturated heterocycles. The molecule has 1 saturated carbocycles. The van der Waals surface area contributed by atoms with Crippen LogP contribution in [0.5, 0.6) is 0 Å². The lowest BCUT2D eigenvalue weighted by Gasteiger charge is -2.34. The number of nitrogen functional groups attached to an aromatic ring is 1. The number of nitrogens with one attached hydrogen (secondary N) is 1. The number of piperidine rings is 1. The number of nitrogens with zero attached hydrogens (tertiary/aromatic N) is 3. The van der Waals surface area contributed by atoms with E-state index >= 15 is 0 Å². The monoisotopic (exact) mass is 301 g/mol.